The molecular formula is C8H6NNaO6. The van der Waals surface area contributed by atoms with Gasteiger partial charge in [0.25, 0.3) is 5.69 Å². The van der Waals surface area contributed by atoms with Gasteiger partial charge in [0.2, 0.25) is 0 Å². The van der Waals surface area contributed by atoms with Crippen molar-refractivity contribution in [2.24, 2.45) is 0 Å². The summed E-state index contributed by atoms with van der Waals surface area (Å²) in [7, 11) is 0. The van der Waals surface area contributed by atoms with Crippen LogP contribution >= 0.6 is 0 Å². The molecule has 0 saturated heterocycles. The van der Waals surface area contributed by atoms with Crippen LogP contribution in [0.2, 0.25) is 0 Å². The average molecular weight is 235 g/mol. The van der Waals surface area contributed by atoms with Crippen LogP contribution in [0.3, 0.4) is 0 Å². The van der Waals surface area contributed by atoms with Crippen LogP contribution in [0.5, 0.6) is 0 Å². The van der Waals surface area contributed by atoms with Crippen molar-refractivity contribution in [1.82, 2.24) is 0 Å². The molecule has 0 aromatic heterocycles. The standard InChI is InChI=1S/C8H5NO6.Na.H/c10-7(11)4-1-5(8(12)13)3-6(2-4)9(14)15;;/h1-3H,(H,10,11)(H,12,13);;/q;+1;-1. The second-order valence-corrected chi connectivity index (χ2v) is 2.64. The number of nitrogens with zero attached hydrogens (tertiary/aromatic N) is 1. The van der Waals surface area contributed by atoms with Crippen LogP contribution in [0.1, 0.15) is 22.1 Å². The Hall–Kier alpha value is -1.44. The van der Waals surface area contributed by atoms with Crippen LogP contribution < -0.4 is 29.6 Å². The SMILES string of the molecule is O=C(O)c1cc(C(=O)O)cc([N+](=O)[O-])c1.[H-].[Na+]. The molecule has 0 aliphatic rings. The molecule has 0 fully saturated rings. The summed E-state index contributed by atoms with van der Waals surface area (Å²) in [5.74, 6) is -2.83. The molecule has 0 aliphatic carbocycles. The fourth-order valence-electron chi connectivity index (χ4n) is 0.964. The molecule has 0 unspecified atom stereocenters. The first-order chi connectivity index (χ1) is 6.91. The Morgan fingerprint density at radius 3 is 1.75 bits per heavy atom. The molecule has 0 aliphatic heterocycles. The fraction of sp³-hybridized carbons (Fsp3) is 0. The van der Waals surface area contributed by atoms with Gasteiger partial charge in [0, 0.05) is 12.1 Å². The number of hydrogen-bond donors (Lipinski definition) is 2. The Kier molecular flexibility index (Phi) is 5.09. The summed E-state index contributed by atoms with van der Waals surface area (Å²) in [6.07, 6.45) is 0. The Bertz CT molecular complexity index is 384. The molecule has 8 heteroatoms. The van der Waals surface area contributed by atoms with Gasteiger partial charge >= 0.3 is 41.5 Å². The molecule has 0 amide bonds. The first-order valence-corrected chi connectivity index (χ1v) is 3.68. The number of rotatable bonds is 3. The zero-order valence-corrected chi connectivity index (χ0v) is 10.2. The van der Waals surface area contributed by atoms with Gasteiger partial charge in [0.05, 0.1) is 16.1 Å². The molecular weight excluding hydrogens is 229 g/mol. The average Bonchev–Trinajstić information content (AvgIpc) is 2.16. The fourth-order valence-corrected chi connectivity index (χ4v) is 0.964. The summed E-state index contributed by atoms with van der Waals surface area (Å²) in [6.45, 7) is 0. The zero-order valence-electron chi connectivity index (χ0n) is 9.21. The van der Waals surface area contributed by atoms with Crippen LogP contribution in [-0.2, 0) is 0 Å². The molecule has 0 saturated carbocycles. The van der Waals surface area contributed by atoms with Crippen LogP contribution in [0.4, 0.5) is 5.69 Å². The van der Waals surface area contributed by atoms with E-state index in [1.54, 1.807) is 0 Å². The topological polar surface area (TPSA) is 118 Å². The van der Waals surface area contributed by atoms with E-state index in [0.29, 0.717) is 0 Å². The van der Waals surface area contributed by atoms with E-state index in [-0.39, 0.29) is 31.0 Å². The maximum absolute atomic E-state index is 10.5. The summed E-state index contributed by atoms with van der Waals surface area (Å²) < 4.78 is 0. The molecule has 0 spiro atoms. The van der Waals surface area contributed by atoms with Gasteiger partial charge in [-0.2, -0.15) is 0 Å². The van der Waals surface area contributed by atoms with E-state index in [0.717, 1.165) is 18.2 Å². The summed E-state index contributed by atoms with van der Waals surface area (Å²) in [4.78, 5) is 30.6. The second kappa shape index (κ2) is 5.59. The molecule has 7 nitrogen and oxygen atoms in total. The largest absolute Gasteiger partial charge is 1.00 e. The maximum atomic E-state index is 10.5. The number of nitro groups is 1. The third kappa shape index (κ3) is 3.30. The molecule has 0 heterocycles. The number of carboxylic acids is 2. The van der Waals surface area contributed by atoms with Gasteiger partial charge in [-0.1, -0.05) is 0 Å². The van der Waals surface area contributed by atoms with E-state index in [9.17, 15) is 19.7 Å². The quantitative estimate of drug-likeness (QED) is 0.359. The van der Waals surface area contributed by atoms with E-state index >= 15 is 0 Å². The number of carboxylic acid groups (broad SMARTS) is 2. The number of nitro benzene ring substituents is 1. The van der Waals surface area contributed by atoms with E-state index < -0.39 is 33.7 Å². The van der Waals surface area contributed by atoms with E-state index in [2.05, 4.69) is 0 Å². The van der Waals surface area contributed by atoms with Crippen LogP contribution in [-0.4, -0.2) is 27.1 Å². The summed E-state index contributed by atoms with van der Waals surface area (Å²) >= 11 is 0. The van der Waals surface area contributed by atoms with Gasteiger partial charge < -0.3 is 11.6 Å². The molecule has 0 atom stereocenters. The second-order valence-electron chi connectivity index (χ2n) is 2.64. The third-order valence-electron chi connectivity index (χ3n) is 1.62. The summed E-state index contributed by atoms with van der Waals surface area (Å²) in [5, 5.41) is 27.5. The van der Waals surface area contributed by atoms with Gasteiger partial charge in [-0.3, -0.25) is 10.1 Å². The van der Waals surface area contributed by atoms with E-state index in [1.807, 2.05) is 0 Å². The molecule has 1 aromatic carbocycles. The van der Waals surface area contributed by atoms with E-state index in [4.69, 9.17) is 10.2 Å². The first kappa shape index (κ1) is 14.6. The Balaban J connectivity index is 0. The molecule has 16 heavy (non-hydrogen) atoms. The Labute approximate surface area is 113 Å². The normalized spacial score (nSPS) is 9.00. The van der Waals surface area contributed by atoms with Crippen molar-refractivity contribution in [3.63, 3.8) is 0 Å². The number of carbonyl (C=O) groups is 2. The minimum absolute atomic E-state index is 0. The zero-order chi connectivity index (χ0) is 11.6. The predicted molar refractivity (Wildman–Crippen MR) is 48.1 cm³/mol. The Morgan fingerprint density at radius 1 is 1.12 bits per heavy atom. The number of non-ortho nitro benzene ring substituents is 1. The van der Waals surface area contributed by atoms with Crippen molar-refractivity contribution < 1.29 is 55.7 Å². The van der Waals surface area contributed by atoms with Crippen molar-refractivity contribution in [3.8, 4) is 0 Å². The number of hydrogen-bond acceptors (Lipinski definition) is 4. The third-order valence-corrected chi connectivity index (χ3v) is 1.62. The Morgan fingerprint density at radius 2 is 1.50 bits per heavy atom. The molecule has 2 N–H and O–H groups in total. The van der Waals surface area contributed by atoms with Gasteiger partial charge in [0.15, 0.2) is 0 Å². The smallest absolute Gasteiger partial charge is 1.00 e. The van der Waals surface area contributed by atoms with Gasteiger partial charge in [-0.15, -0.1) is 0 Å². The minimum atomic E-state index is -1.42. The monoisotopic (exact) mass is 235 g/mol. The molecule has 0 bridgehead atoms. The molecule has 0 radical (unpaired) electrons. The van der Waals surface area contributed by atoms with Gasteiger partial charge in [0.1, 0.15) is 0 Å². The van der Waals surface area contributed by atoms with Crippen molar-refractivity contribution >= 4 is 17.6 Å². The number of aromatic carboxylic acids is 2. The van der Waals surface area contributed by atoms with Crippen molar-refractivity contribution in [1.29, 1.82) is 0 Å². The van der Waals surface area contributed by atoms with Crippen molar-refractivity contribution in [2.75, 3.05) is 0 Å². The predicted octanol–water partition coefficient (Wildman–Crippen LogP) is -1.89. The van der Waals surface area contributed by atoms with Crippen molar-refractivity contribution in [2.45, 2.75) is 0 Å². The maximum Gasteiger partial charge on any atom is 1.00 e. The van der Waals surface area contributed by atoms with Crippen LogP contribution in [0.25, 0.3) is 0 Å². The molecule has 80 valence electrons. The molecule has 1 aromatic rings. The van der Waals surface area contributed by atoms with Gasteiger partial charge in [-0.05, 0) is 6.07 Å². The van der Waals surface area contributed by atoms with Crippen molar-refractivity contribution in [3.05, 3.63) is 39.4 Å². The van der Waals surface area contributed by atoms with E-state index in [1.165, 1.54) is 0 Å². The van der Waals surface area contributed by atoms with Gasteiger partial charge in [-0.25, -0.2) is 9.59 Å². The summed E-state index contributed by atoms with van der Waals surface area (Å²) in [5.41, 5.74) is -1.42. The first-order valence-electron chi connectivity index (χ1n) is 3.68. The number of benzene rings is 1. The minimum Gasteiger partial charge on any atom is -1.00 e. The summed E-state index contributed by atoms with van der Waals surface area (Å²) in [6, 6.07) is 2.46. The molecule has 1 rings (SSSR count). The van der Waals surface area contributed by atoms with Crippen LogP contribution in [0, 0.1) is 10.1 Å². The van der Waals surface area contributed by atoms with Crippen LogP contribution in [0.15, 0.2) is 18.2 Å².